The molecule has 0 spiro atoms. The van der Waals surface area contributed by atoms with E-state index in [4.69, 9.17) is 4.74 Å². The van der Waals surface area contributed by atoms with Gasteiger partial charge in [-0.2, -0.15) is 0 Å². The van der Waals surface area contributed by atoms with E-state index in [0.29, 0.717) is 6.61 Å². The highest BCUT2D eigenvalue weighted by Gasteiger charge is 2.33. The van der Waals surface area contributed by atoms with Crippen LogP contribution in [0.5, 0.6) is 0 Å². The molecular weight excluding hydrogens is 282 g/mol. The third-order valence-corrected chi connectivity index (χ3v) is 4.68. The maximum absolute atomic E-state index is 11.9. The minimum atomic E-state index is -0.0439. The van der Waals surface area contributed by atoms with Crippen LogP contribution in [0, 0.1) is 5.41 Å². The quantitative estimate of drug-likeness (QED) is 0.578. The van der Waals surface area contributed by atoms with E-state index in [-0.39, 0.29) is 17.4 Å². The third-order valence-electron chi connectivity index (χ3n) is 3.17. The third kappa shape index (κ3) is 4.59. The summed E-state index contributed by atoms with van der Waals surface area (Å²) in [5, 5.41) is 0.950. The highest BCUT2D eigenvalue weighted by molar-refractivity contribution is 9.09. The van der Waals surface area contributed by atoms with Crippen LogP contribution in [0.3, 0.4) is 0 Å². The minimum Gasteiger partial charge on any atom is -0.465 e. The van der Waals surface area contributed by atoms with E-state index in [1.54, 1.807) is 0 Å². The van der Waals surface area contributed by atoms with Gasteiger partial charge in [0.15, 0.2) is 0 Å². The van der Waals surface area contributed by atoms with E-state index >= 15 is 0 Å². The van der Waals surface area contributed by atoms with Crippen LogP contribution < -0.4 is 0 Å². The molecule has 0 saturated carbocycles. The van der Waals surface area contributed by atoms with Gasteiger partial charge in [-0.05, 0) is 31.7 Å². The molecule has 0 N–H and O–H groups in total. The summed E-state index contributed by atoms with van der Waals surface area (Å²) in [5.41, 5.74) is 0.197. The number of piperidine rings is 1. The van der Waals surface area contributed by atoms with E-state index in [9.17, 15) is 4.79 Å². The monoisotopic (exact) mass is 305 g/mol. The molecule has 0 aromatic heterocycles. The van der Waals surface area contributed by atoms with Crippen molar-refractivity contribution in [1.82, 2.24) is 4.90 Å². The van der Waals surface area contributed by atoms with Gasteiger partial charge >= 0.3 is 5.97 Å². The molecule has 1 rings (SSSR count). The zero-order chi connectivity index (χ0) is 12.9. The Balaban J connectivity index is 2.62. The van der Waals surface area contributed by atoms with Gasteiger partial charge in [-0.1, -0.05) is 36.2 Å². The Kier molecular flexibility index (Phi) is 5.93. The number of carbonyl (C=O) groups is 1. The van der Waals surface area contributed by atoms with E-state index in [0.717, 1.165) is 31.3 Å². The van der Waals surface area contributed by atoms with Crippen LogP contribution in [0.4, 0.5) is 0 Å². The van der Waals surface area contributed by atoms with Gasteiger partial charge in [0.05, 0.1) is 6.61 Å². The van der Waals surface area contributed by atoms with Crippen molar-refractivity contribution in [1.29, 1.82) is 0 Å². The van der Waals surface area contributed by atoms with E-state index in [2.05, 4.69) is 34.7 Å². The Labute approximate surface area is 113 Å². The lowest BCUT2D eigenvalue weighted by Crippen LogP contribution is -2.49. The molecule has 0 aromatic carbocycles. The zero-order valence-electron chi connectivity index (χ0n) is 11.2. The average Bonchev–Trinajstić information content (AvgIpc) is 2.29. The van der Waals surface area contributed by atoms with Crippen molar-refractivity contribution >= 4 is 21.9 Å². The first-order valence-electron chi connectivity index (χ1n) is 6.47. The number of hydrogen-bond donors (Lipinski definition) is 0. The molecule has 0 amide bonds. The minimum absolute atomic E-state index is 0.0259. The summed E-state index contributed by atoms with van der Waals surface area (Å²) in [7, 11) is 0. The number of ether oxygens (including phenoxy) is 1. The van der Waals surface area contributed by atoms with Crippen molar-refractivity contribution in [2.45, 2.75) is 46.1 Å². The van der Waals surface area contributed by atoms with Crippen molar-refractivity contribution in [2.75, 3.05) is 25.0 Å². The van der Waals surface area contributed by atoms with Crippen molar-refractivity contribution in [3.05, 3.63) is 0 Å². The van der Waals surface area contributed by atoms with Crippen LogP contribution in [-0.2, 0) is 9.53 Å². The molecule has 17 heavy (non-hydrogen) atoms. The highest BCUT2D eigenvalue weighted by Crippen LogP contribution is 2.25. The van der Waals surface area contributed by atoms with Gasteiger partial charge in [-0.25, -0.2) is 0 Å². The molecule has 0 radical (unpaired) electrons. The van der Waals surface area contributed by atoms with Crippen LogP contribution in [0.25, 0.3) is 0 Å². The van der Waals surface area contributed by atoms with Gasteiger partial charge in [-0.15, -0.1) is 0 Å². The van der Waals surface area contributed by atoms with Crippen LogP contribution in [0.15, 0.2) is 0 Å². The van der Waals surface area contributed by atoms with Gasteiger partial charge in [-0.3, -0.25) is 9.69 Å². The topological polar surface area (TPSA) is 29.5 Å². The second-order valence-electron chi connectivity index (χ2n) is 5.53. The molecular formula is C13H24BrNO2. The summed E-state index contributed by atoms with van der Waals surface area (Å²) in [6.07, 6.45) is 3.26. The second kappa shape index (κ2) is 6.74. The molecule has 1 saturated heterocycles. The first kappa shape index (κ1) is 15.0. The van der Waals surface area contributed by atoms with Crippen molar-refractivity contribution in [2.24, 2.45) is 5.41 Å². The number of alkyl halides is 1. The van der Waals surface area contributed by atoms with Crippen LogP contribution in [-0.4, -0.2) is 41.9 Å². The summed E-state index contributed by atoms with van der Waals surface area (Å²) in [5.74, 6) is -0.0439. The molecule has 1 unspecified atom stereocenters. The average molecular weight is 306 g/mol. The molecule has 1 aliphatic heterocycles. The number of carbonyl (C=O) groups excluding carboxylic acids is 1. The first-order chi connectivity index (χ1) is 8.00. The number of rotatable bonds is 5. The maximum atomic E-state index is 11.9. The fourth-order valence-corrected chi connectivity index (χ4v) is 2.45. The number of likely N-dealkylation sites (tertiary alicyclic amines) is 1. The van der Waals surface area contributed by atoms with Crippen molar-refractivity contribution < 1.29 is 9.53 Å². The predicted molar refractivity (Wildman–Crippen MR) is 73.4 cm³/mol. The molecule has 1 heterocycles. The molecule has 1 aliphatic rings. The van der Waals surface area contributed by atoms with Crippen molar-refractivity contribution in [3.63, 3.8) is 0 Å². The molecule has 1 fully saturated rings. The lowest BCUT2D eigenvalue weighted by molar-refractivity contribution is -0.151. The van der Waals surface area contributed by atoms with Crippen LogP contribution >= 0.6 is 15.9 Å². The number of nitrogens with zero attached hydrogens (tertiary/aromatic N) is 1. The Hall–Kier alpha value is -0.0900. The van der Waals surface area contributed by atoms with Crippen LogP contribution in [0.1, 0.15) is 40.0 Å². The SMILES string of the molecule is CCOC(=O)C1CCCCN1CC(C)(C)CBr. The Morgan fingerprint density at radius 3 is 2.76 bits per heavy atom. The molecule has 0 bridgehead atoms. The standard InChI is InChI=1S/C13H24BrNO2/c1-4-17-12(16)11-7-5-6-8-15(11)10-13(2,3)9-14/h11H,4-10H2,1-3H3. The fourth-order valence-electron chi connectivity index (χ4n) is 2.28. The Morgan fingerprint density at radius 2 is 2.18 bits per heavy atom. The number of esters is 1. The summed E-state index contributed by atoms with van der Waals surface area (Å²) < 4.78 is 5.17. The maximum Gasteiger partial charge on any atom is 0.323 e. The van der Waals surface area contributed by atoms with Gasteiger partial charge < -0.3 is 4.74 Å². The second-order valence-corrected chi connectivity index (χ2v) is 6.09. The lowest BCUT2D eigenvalue weighted by Gasteiger charge is -2.38. The molecule has 4 heteroatoms. The van der Waals surface area contributed by atoms with Gasteiger partial charge in [0.2, 0.25) is 0 Å². The summed E-state index contributed by atoms with van der Waals surface area (Å²) >= 11 is 3.54. The molecule has 3 nitrogen and oxygen atoms in total. The lowest BCUT2D eigenvalue weighted by atomic mass is 9.92. The van der Waals surface area contributed by atoms with Gasteiger partial charge in [0.25, 0.3) is 0 Å². The normalized spacial score (nSPS) is 22.5. The Bertz CT molecular complexity index is 256. The summed E-state index contributed by atoms with van der Waals surface area (Å²) in [6, 6.07) is -0.0259. The largest absolute Gasteiger partial charge is 0.465 e. The smallest absolute Gasteiger partial charge is 0.323 e. The van der Waals surface area contributed by atoms with Crippen LogP contribution in [0.2, 0.25) is 0 Å². The van der Waals surface area contributed by atoms with Crippen molar-refractivity contribution in [3.8, 4) is 0 Å². The Morgan fingerprint density at radius 1 is 1.47 bits per heavy atom. The molecule has 100 valence electrons. The molecule has 0 aromatic rings. The number of hydrogen-bond acceptors (Lipinski definition) is 3. The molecule has 1 atom stereocenters. The highest BCUT2D eigenvalue weighted by atomic mass is 79.9. The van der Waals surface area contributed by atoms with E-state index in [1.165, 1.54) is 6.42 Å². The van der Waals surface area contributed by atoms with E-state index < -0.39 is 0 Å². The zero-order valence-corrected chi connectivity index (χ0v) is 12.8. The summed E-state index contributed by atoms with van der Waals surface area (Å²) in [4.78, 5) is 14.2. The van der Waals surface area contributed by atoms with Gasteiger partial charge in [0.1, 0.15) is 6.04 Å². The molecule has 0 aliphatic carbocycles. The number of halogens is 1. The summed E-state index contributed by atoms with van der Waals surface area (Å²) in [6.45, 7) is 8.75. The first-order valence-corrected chi connectivity index (χ1v) is 7.59. The van der Waals surface area contributed by atoms with Gasteiger partial charge in [0, 0.05) is 11.9 Å². The van der Waals surface area contributed by atoms with E-state index in [1.807, 2.05) is 6.92 Å². The fraction of sp³-hybridized carbons (Fsp3) is 0.923. The predicted octanol–water partition coefficient (Wildman–Crippen LogP) is 2.83.